The standard InChI is InChI=1S/C14H26O2/c15-13-16-14-11-9-7-5-3-1-2-4-6-8-10-12-14/h13-14H,1-12H2. The molecule has 0 amide bonds. The van der Waals surface area contributed by atoms with E-state index in [9.17, 15) is 4.79 Å². The summed E-state index contributed by atoms with van der Waals surface area (Å²) in [6.45, 7) is 0.628. The predicted molar refractivity (Wildman–Crippen MR) is 66.3 cm³/mol. The van der Waals surface area contributed by atoms with Crippen LogP contribution in [0.25, 0.3) is 0 Å². The Bertz CT molecular complexity index is 154. The first-order valence-corrected chi connectivity index (χ1v) is 7.02. The molecule has 1 aliphatic rings. The Morgan fingerprint density at radius 3 is 1.44 bits per heavy atom. The molecule has 0 unspecified atom stereocenters. The fourth-order valence-electron chi connectivity index (χ4n) is 2.52. The van der Waals surface area contributed by atoms with E-state index in [2.05, 4.69) is 0 Å². The molecule has 0 atom stereocenters. The van der Waals surface area contributed by atoms with E-state index in [0.29, 0.717) is 6.47 Å². The molecule has 0 spiro atoms. The van der Waals surface area contributed by atoms with Crippen LogP contribution in [0, 0.1) is 0 Å². The predicted octanol–water partition coefficient (Wildman–Crippen LogP) is 4.22. The van der Waals surface area contributed by atoms with E-state index >= 15 is 0 Å². The van der Waals surface area contributed by atoms with E-state index in [0.717, 1.165) is 12.8 Å². The van der Waals surface area contributed by atoms with E-state index in [-0.39, 0.29) is 6.10 Å². The lowest BCUT2D eigenvalue weighted by Gasteiger charge is -2.14. The summed E-state index contributed by atoms with van der Waals surface area (Å²) in [5.41, 5.74) is 0. The van der Waals surface area contributed by atoms with E-state index in [1.807, 2.05) is 0 Å². The van der Waals surface area contributed by atoms with Crippen LogP contribution in [-0.2, 0) is 9.53 Å². The second-order valence-corrected chi connectivity index (χ2v) is 4.97. The van der Waals surface area contributed by atoms with Crippen molar-refractivity contribution in [3.05, 3.63) is 0 Å². The zero-order chi connectivity index (χ0) is 11.5. The number of rotatable bonds is 2. The van der Waals surface area contributed by atoms with E-state index < -0.39 is 0 Å². The first-order chi connectivity index (χ1) is 7.93. The van der Waals surface area contributed by atoms with Crippen molar-refractivity contribution < 1.29 is 9.53 Å². The Kier molecular flexibility index (Phi) is 8.19. The van der Waals surface area contributed by atoms with Gasteiger partial charge in [0.25, 0.3) is 6.47 Å². The molecule has 0 aromatic rings. The highest BCUT2D eigenvalue weighted by molar-refractivity contribution is 5.37. The molecule has 0 N–H and O–H groups in total. The summed E-state index contributed by atoms with van der Waals surface area (Å²) in [4.78, 5) is 10.4. The molecule has 2 nitrogen and oxygen atoms in total. The summed E-state index contributed by atoms with van der Waals surface area (Å²) in [5.74, 6) is 0. The van der Waals surface area contributed by atoms with Crippen LogP contribution in [0.2, 0.25) is 0 Å². The van der Waals surface area contributed by atoms with Crippen molar-refractivity contribution in [3.63, 3.8) is 0 Å². The van der Waals surface area contributed by atoms with Crippen LogP contribution in [0.15, 0.2) is 0 Å². The van der Waals surface area contributed by atoms with Gasteiger partial charge >= 0.3 is 0 Å². The van der Waals surface area contributed by atoms with Crippen molar-refractivity contribution >= 4 is 6.47 Å². The zero-order valence-electron chi connectivity index (χ0n) is 10.5. The summed E-state index contributed by atoms with van der Waals surface area (Å²) in [6, 6.07) is 0. The maximum absolute atomic E-state index is 10.4. The van der Waals surface area contributed by atoms with Crippen LogP contribution in [-0.4, -0.2) is 12.6 Å². The van der Waals surface area contributed by atoms with Crippen molar-refractivity contribution in [1.82, 2.24) is 0 Å². The monoisotopic (exact) mass is 226 g/mol. The highest BCUT2D eigenvalue weighted by Gasteiger charge is 2.09. The van der Waals surface area contributed by atoms with Crippen LogP contribution in [0.4, 0.5) is 0 Å². The van der Waals surface area contributed by atoms with Gasteiger partial charge in [0.05, 0.1) is 0 Å². The molecule has 2 heteroatoms. The average molecular weight is 226 g/mol. The fraction of sp³-hybridized carbons (Fsp3) is 0.929. The third kappa shape index (κ3) is 6.86. The van der Waals surface area contributed by atoms with Crippen LogP contribution < -0.4 is 0 Å². The van der Waals surface area contributed by atoms with Gasteiger partial charge in [-0.15, -0.1) is 0 Å². The lowest BCUT2D eigenvalue weighted by Crippen LogP contribution is -2.11. The Hall–Kier alpha value is -0.530. The van der Waals surface area contributed by atoms with Gasteiger partial charge in [-0.2, -0.15) is 0 Å². The largest absolute Gasteiger partial charge is 0.465 e. The molecular weight excluding hydrogens is 200 g/mol. The van der Waals surface area contributed by atoms with Crippen molar-refractivity contribution in [3.8, 4) is 0 Å². The van der Waals surface area contributed by atoms with Gasteiger partial charge in [-0.3, -0.25) is 4.79 Å². The maximum Gasteiger partial charge on any atom is 0.293 e. The highest BCUT2D eigenvalue weighted by atomic mass is 16.5. The zero-order valence-corrected chi connectivity index (χ0v) is 10.5. The Morgan fingerprint density at radius 2 is 1.06 bits per heavy atom. The number of carbonyl (C=O) groups is 1. The fourth-order valence-corrected chi connectivity index (χ4v) is 2.52. The van der Waals surface area contributed by atoms with Gasteiger partial charge in [0, 0.05) is 0 Å². The summed E-state index contributed by atoms with van der Waals surface area (Å²) in [6.07, 6.45) is 15.7. The number of ether oxygens (including phenoxy) is 1. The van der Waals surface area contributed by atoms with Gasteiger partial charge in [0.1, 0.15) is 6.10 Å². The van der Waals surface area contributed by atoms with Crippen LogP contribution in [0.5, 0.6) is 0 Å². The molecule has 0 aromatic heterocycles. The molecule has 0 bridgehead atoms. The van der Waals surface area contributed by atoms with Crippen LogP contribution in [0.1, 0.15) is 77.0 Å². The summed E-state index contributed by atoms with van der Waals surface area (Å²) >= 11 is 0. The summed E-state index contributed by atoms with van der Waals surface area (Å²) < 4.78 is 5.14. The molecule has 0 aromatic carbocycles. The van der Waals surface area contributed by atoms with Gasteiger partial charge in [0.15, 0.2) is 0 Å². The Labute approximate surface area is 99.8 Å². The maximum atomic E-state index is 10.4. The van der Waals surface area contributed by atoms with Gasteiger partial charge in [-0.05, 0) is 25.7 Å². The summed E-state index contributed by atoms with van der Waals surface area (Å²) in [5, 5.41) is 0. The van der Waals surface area contributed by atoms with Gasteiger partial charge in [0.2, 0.25) is 0 Å². The van der Waals surface area contributed by atoms with Gasteiger partial charge in [-0.25, -0.2) is 0 Å². The molecular formula is C14H26O2. The smallest absolute Gasteiger partial charge is 0.293 e. The molecule has 1 rings (SSSR count). The topological polar surface area (TPSA) is 26.3 Å². The van der Waals surface area contributed by atoms with Crippen molar-refractivity contribution in [2.24, 2.45) is 0 Å². The van der Waals surface area contributed by atoms with E-state index in [1.165, 1.54) is 64.2 Å². The number of hydrogen-bond acceptors (Lipinski definition) is 2. The van der Waals surface area contributed by atoms with Gasteiger partial charge < -0.3 is 4.74 Å². The third-order valence-corrected chi connectivity index (χ3v) is 3.55. The van der Waals surface area contributed by atoms with Crippen LogP contribution in [0.3, 0.4) is 0 Å². The lowest BCUT2D eigenvalue weighted by atomic mass is 10.0. The quantitative estimate of drug-likeness (QED) is 0.659. The lowest BCUT2D eigenvalue weighted by molar-refractivity contribution is -0.134. The van der Waals surface area contributed by atoms with E-state index in [1.54, 1.807) is 0 Å². The Balaban J connectivity index is 2.23. The average Bonchev–Trinajstić information content (AvgIpc) is 2.31. The molecule has 1 fully saturated rings. The van der Waals surface area contributed by atoms with Crippen molar-refractivity contribution in [1.29, 1.82) is 0 Å². The number of hydrogen-bond donors (Lipinski definition) is 0. The number of carbonyl (C=O) groups excluding carboxylic acids is 1. The van der Waals surface area contributed by atoms with Crippen LogP contribution >= 0.6 is 0 Å². The van der Waals surface area contributed by atoms with Crippen molar-refractivity contribution in [2.45, 2.75) is 83.2 Å². The third-order valence-electron chi connectivity index (χ3n) is 3.55. The molecule has 0 saturated heterocycles. The minimum absolute atomic E-state index is 0.193. The molecule has 16 heavy (non-hydrogen) atoms. The first-order valence-electron chi connectivity index (χ1n) is 7.02. The van der Waals surface area contributed by atoms with E-state index in [4.69, 9.17) is 4.74 Å². The van der Waals surface area contributed by atoms with Gasteiger partial charge in [-0.1, -0.05) is 51.4 Å². The molecule has 0 heterocycles. The summed E-state index contributed by atoms with van der Waals surface area (Å²) in [7, 11) is 0. The first kappa shape index (κ1) is 13.5. The minimum Gasteiger partial charge on any atom is -0.465 e. The molecule has 1 saturated carbocycles. The normalized spacial score (nSPS) is 22.5. The second-order valence-electron chi connectivity index (χ2n) is 4.97. The highest BCUT2D eigenvalue weighted by Crippen LogP contribution is 2.18. The van der Waals surface area contributed by atoms with Crippen molar-refractivity contribution in [2.75, 3.05) is 0 Å². The minimum atomic E-state index is 0.193. The molecule has 1 aliphatic carbocycles. The second kappa shape index (κ2) is 9.68. The molecule has 0 radical (unpaired) electrons. The molecule has 0 aliphatic heterocycles. The Morgan fingerprint density at radius 1 is 0.688 bits per heavy atom. The SMILES string of the molecule is O=COC1CCCCCCCCCCCC1. The molecule has 94 valence electrons.